The number of hydrogen-bond donors (Lipinski definition) is 3. The van der Waals surface area contributed by atoms with Crippen molar-refractivity contribution >= 4 is 34.2 Å². The summed E-state index contributed by atoms with van der Waals surface area (Å²) in [6.45, 7) is 1.92. The van der Waals surface area contributed by atoms with E-state index in [-0.39, 0.29) is 24.1 Å². The average molecular weight is 426 g/mol. The highest BCUT2D eigenvalue weighted by Crippen LogP contribution is 2.31. The highest BCUT2D eigenvalue weighted by Gasteiger charge is 2.39. The second-order valence-corrected chi connectivity index (χ2v) is 8.79. The predicted molar refractivity (Wildman–Crippen MR) is 112 cm³/mol. The van der Waals surface area contributed by atoms with Crippen LogP contribution in [0, 0.1) is 0 Å². The summed E-state index contributed by atoms with van der Waals surface area (Å²) in [5, 5.41) is 12.1. The molecule has 0 spiro atoms. The van der Waals surface area contributed by atoms with Crippen LogP contribution in [0.25, 0.3) is 0 Å². The van der Waals surface area contributed by atoms with Crippen molar-refractivity contribution in [2.24, 2.45) is 0 Å². The summed E-state index contributed by atoms with van der Waals surface area (Å²) in [6, 6.07) is 5.54. The number of piperidine rings is 1. The van der Waals surface area contributed by atoms with Crippen LogP contribution in [0.3, 0.4) is 0 Å². The summed E-state index contributed by atoms with van der Waals surface area (Å²) in [5.74, 6) is -0.810. The Bertz CT molecular complexity index is 1010. The summed E-state index contributed by atoms with van der Waals surface area (Å²) in [7, 11) is 0. The molecule has 2 saturated heterocycles. The van der Waals surface area contributed by atoms with Gasteiger partial charge in [-0.25, -0.2) is 4.98 Å². The quantitative estimate of drug-likeness (QED) is 0.633. The molecule has 9 heteroatoms. The van der Waals surface area contributed by atoms with E-state index in [1.165, 1.54) is 6.42 Å². The van der Waals surface area contributed by atoms with Crippen LogP contribution in [0.4, 0.5) is 5.13 Å². The molecule has 1 unspecified atom stereocenters. The number of benzene rings is 1. The maximum absolute atomic E-state index is 13.1. The third kappa shape index (κ3) is 3.48. The smallest absolute Gasteiger partial charge is 0.255 e. The molecular formula is C21H23N5O3S. The van der Waals surface area contributed by atoms with Gasteiger partial charge < -0.3 is 15.5 Å². The van der Waals surface area contributed by atoms with Crippen LogP contribution in [-0.4, -0.2) is 40.2 Å². The van der Waals surface area contributed by atoms with Crippen LogP contribution >= 0.6 is 11.3 Å². The minimum Gasteiger partial charge on any atom is -0.357 e. The Kier molecular flexibility index (Phi) is 5.00. The molecule has 2 atom stereocenters. The van der Waals surface area contributed by atoms with Crippen molar-refractivity contribution in [3.05, 3.63) is 46.0 Å². The van der Waals surface area contributed by atoms with Gasteiger partial charge in [0, 0.05) is 30.5 Å². The summed E-state index contributed by atoms with van der Waals surface area (Å²) in [5.41, 5.74) is 3.53. The zero-order valence-corrected chi connectivity index (χ0v) is 17.3. The fourth-order valence-electron chi connectivity index (χ4n) is 4.47. The molecule has 0 saturated carbocycles. The van der Waals surface area contributed by atoms with Gasteiger partial charge in [-0.05, 0) is 36.9 Å². The lowest BCUT2D eigenvalue weighted by molar-refractivity contribution is -0.136. The minimum absolute atomic E-state index is 0.146. The first-order valence-corrected chi connectivity index (χ1v) is 11.2. The maximum Gasteiger partial charge on any atom is 0.255 e. The van der Waals surface area contributed by atoms with E-state index in [9.17, 15) is 14.4 Å². The Labute approximate surface area is 178 Å². The number of rotatable bonds is 5. The van der Waals surface area contributed by atoms with Gasteiger partial charge in [-0.2, -0.15) is 0 Å². The Morgan fingerprint density at radius 2 is 2.13 bits per heavy atom. The monoisotopic (exact) mass is 425 g/mol. The summed E-state index contributed by atoms with van der Waals surface area (Å²) in [4.78, 5) is 43.1. The lowest BCUT2D eigenvalue weighted by atomic mass is 10.0. The molecule has 8 nitrogen and oxygen atoms in total. The summed E-state index contributed by atoms with van der Waals surface area (Å²) >= 11 is 1.57. The third-order valence-corrected chi connectivity index (χ3v) is 6.83. The second-order valence-electron chi connectivity index (χ2n) is 7.93. The van der Waals surface area contributed by atoms with E-state index in [1.54, 1.807) is 16.2 Å². The highest BCUT2D eigenvalue weighted by atomic mass is 32.1. The van der Waals surface area contributed by atoms with Gasteiger partial charge in [-0.15, -0.1) is 11.3 Å². The average Bonchev–Trinajstić information content (AvgIpc) is 3.47. The first-order chi connectivity index (χ1) is 14.6. The second kappa shape index (κ2) is 7.81. The van der Waals surface area contributed by atoms with E-state index in [0.717, 1.165) is 34.9 Å². The van der Waals surface area contributed by atoms with Crippen LogP contribution in [0.15, 0.2) is 23.6 Å². The molecule has 1 aromatic heterocycles. The number of carbonyl (C=O) groups is 3. The van der Waals surface area contributed by atoms with E-state index < -0.39 is 6.04 Å². The van der Waals surface area contributed by atoms with Crippen molar-refractivity contribution in [1.82, 2.24) is 20.5 Å². The van der Waals surface area contributed by atoms with Crippen LogP contribution in [0.2, 0.25) is 0 Å². The van der Waals surface area contributed by atoms with Gasteiger partial charge in [-0.3, -0.25) is 19.7 Å². The molecule has 0 aliphatic carbocycles. The molecule has 3 aliphatic rings. The Morgan fingerprint density at radius 1 is 1.23 bits per heavy atom. The van der Waals surface area contributed by atoms with Crippen LogP contribution in [0.5, 0.6) is 0 Å². The Balaban J connectivity index is 1.30. The largest absolute Gasteiger partial charge is 0.357 e. The number of anilines is 1. The SMILES string of the molecule is O=C1CCC(N2Cc3cccc(CNc4nc([C@H]5CCCN5)cs4)c3C2=O)C(=O)N1. The molecule has 0 radical (unpaired) electrons. The van der Waals surface area contributed by atoms with Crippen molar-refractivity contribution in [3.63, 3.8) is 0 Å². The number of amides is 3. The van der Waals surface area contributed by atoms with Crippen molar-refractivity contribution < 1.29 is 14.4 Å². The van der Waals surface area contributed by atoms with Gasteiger partial charge in [0.2, 0.25) is 11.8 Å². The third-order valence-electron chi connectivity index (χ3n) is 6.01. The number of hydrogen-bond acceptors (Lipinski definition) is 7. The number of thiazole rings is 1. The van der Waals surface area contributed by atoms with Crippen LogP contribution in [0.1, 0.15) is 58.9 Å². The maximum atomic E-state index is 13.1. The van der Waals surface area contributed by atoms with Crippen LogP contribution in [-0.2, 0) is 22.7 Å². The van der Waals surface area contributed by atoms with E-state index in [4.69, 9.17) is 4.98 Å². The van der Waals surface area contributed by atoms with E-state index >= 15 is 0 Å². The van der Waals surface area contributed by atoms with E-state index in [0.29, 0.717) is 31.1 Å². The number of carbonyl (C=O) groups excluding carboxylic acids is 3. The molecule has 2 fully saturated rings. The minimum atomic E-state index is -0.594. The molecule has 5 rings (SSSR count). The van der Waals surface area contributed by atoms with Gasteiger partial charge >= 0.3 is 0 Å². The Hall–Kier alpha value is -2.78. The van der Waals surface area contributed by atoms with Gasteiger partial charge in [0.1, 0.15) is 6.04 Å². The lowest BCUT2D eigenvalue weighted by Crippen LogP contribution is -2.52. The molecule has 4 heterocycles. The van der Waals surface area contributed by atoms with Crippen molar-refractivity contribution in [1.29, 1.82) is 0 Å². The first kappa shape index (κ1) is 19.2. The molecule has 3 N–H and O–H groups in total. The molecule has 1 aromatic carbocycles. The van der Waals surface area contributed by atoms with Crippen molar-refractivity contribution in [2.45, 2.75) is 50.9 Å². The first-order valence-electron chi connectivity index (χ1n) is 10.3. The number of aromatic nitrogens is 1. The molecular weight excluding hydrogens is 402 g/mol. The zero-order chi connectivity index (χ0) is 20.7. The number of nitrogens with one attached hydrogen (secondary N) is 3. The molecule has 156 valence electrons. The summed E-state index contributed by atoms with van der Waals surface area (Å²) < 4.78 is 0. The number of nitrogens with zero attached hydrogens (tertiary/aromatic N) is 2. The highest BCUT2D eigenvalue weighted by molar-refractivity contribution is 7.13. The van der Waals surface area contributed by atoms with Gasteiger partial charge in [-0.1, -0.05) is 18.2 Å². The molecule has 2 aromatic rings. The number of imide groups is 1. The zero-order valence-electron chi connectivity index (χ0n) is 16.4. The molecule has 3 aliphatic heterocycles. The topological polar surface area (TPSA) is 103 Å². The molecule has 3 amide bonds. The normalized spacial score (nSPS) is 23.6. The Morgan fingerprint density at radius 3 is 2.93 bits per heavy atom. The standard InChI is InChI=1S/C21H23N5O3S/c27-17-7-6-16(19(28)25-17)26-10-13-4-1-3-12(18(13)20(26)29)9-23-21-24-15(11-30-21)14-5-2-8-22-14/h1,3-4,11,14,16,22H,2,5-10H2,(H,23,24)(H,25,27,28)/t14-,16?/m1/s1. The fourth-order valence-corrected chi connectivity index (χ4v) is 5.24. The summed E-state index contributed by atoms with van der Waals surface area (Å²) in [6.07, 6.45) is 2.91. The lowest BCUT2D eigenvalue weighted by Gasteiger charge is -2.29. The van der Waals surface area contributed by atoms with E-state index in [1.807, 2.05) is 18.2 Å². The van der Waals surface area contributed by atoms with Gasteiger partial charge in [0.25, 0.3) is 5.91 Å². The van der Waals surface area contributed by atoms with E-state index in [2.05, 4.69) is 21.3 Å². The van der Waals surface area contributed by atoms with Crippen molar-refractivity contribution in [2.75, 3.05) is 11.9 Å². The van der Waals surface area contributed by atoms with Crippen LogP contribution < -0.4 is 16.0 Å². The van der Waals surface area contributed by atoms with Gasteiger partial charge in [0.05, 0.1) is 11.7 Å². The van der Waals surface area contributed by atoms with Crippen molar-refractivity contribution in [3.8, 4) is 0 Å². The number of fused-ring (bicyclic) bond motifs is 1. The predicted octanol–water partition coefficient (Wildman–Crippen LogP) is 1.94. The fraction of sp³-hybridized carbons (Fsp3) is 0.429. The molecule has 30 heavy (non-hydrogen) atoms. The van der Waals surface area contributed by atoms with Gasteiger partial charge in [0.15, 0.2) is 5.13 Å². The molecule has 0 bridgehead atoms.